The van der Waals surface area contributed by atoms with Crippen LogP contribution in [-0.2, 0) is 0 Å². The first-order valence-corrected chi connectivity index (χ1v) is 7.64. The van der Waals surface area contributed by atoms with E-state index in [4.69, 9.17) is 4.74 Å². The second-order valence-corrected chi connectivity index (χ2v) is 6.28. The summed E-state index contributed by atoms with van der Waals surface area (Å²) in [7, 11) is 0. The lowest BCUT2D eigenvalue weighted by atomic mass is 10.1. The van der Waals surface area contributed by atoms with Crippen molar-refractivity contribution in [3.8, 4) is 5.75 Å². The third kappa shape index (κ3) is 5.32. The number of aliphatic hydroxyl groups excluding tert-OH is 1. The maximum atomic E-state index is 10.1. The van der Waals surface area contributed by atoms with E-state index >= 15 is 0 Å². The number of hydrogen-bond donors (Lipinski definition) is 1. The van der Waals surface area contributed by atoms with Gasteiger partial charge in [-0.15, -0.1) is 0 Å². The molecule has 0 bridgehead atoms. The fourth-order valence-corrected chi connectivity index (χ4v) is 2.45. The fraction of sp³-hybridized carbons (Fsp3) is 0.600. The number of ether oxygens (including phenoxy) is 1. The zero-order valence-corrected chi connectivity index (χ0v) is 12.5. The Bertz CT molecular complexity index is 335. The van der Waals surface area contributed by atoms with Crippen molar-refractivity contribution < 1.29 is 9.84 Å². The van der Waals surface area contributed by atoms with Gasteiger partial charge in [0.25, 0.3) is 0 Å². The number of aliphatic hydroxyl groups is 1. The summed E-state index contributed by atoms with van der Waals surface area (Å²) in [6.07, 6.45) is 0.928. The van der Waals surface area contributed by atoms with Crippen LogP contribution in [0.4, 0.5) is 0 Å². The quantitative estimate of drug-likeness (QED) is 0.809. The lowest BCUT2D eigenvalue weighted by molar-refractivity contribution is 0.203. The van der Waals surface area contributed by atoms with Crippen molar-refractivity contribution in [2.75, 3.05) is 5.75 Å². The van der Waals surface area contributed by atoms with Crippen molar-refractivity contribution in [1.29, 1.82) is 0 Å². The smallest absolute Gasteiger partial charge is 0.119 e. The molecule has 0 aliphatic heterocycles. The highest BCUT2D eigenvalue weighted by Crippen LogP contribution is 2.24. The second kappa shape index (κ2) is 7.70. The number of hydrogen-bond acceptors (Lipinski definition) is 3. The molecule has 2 atom stereocenters. The van der Waals surface area contributed by atoms with E-state index < -0.39 is 6.10 Å². The Morgan fingerprint density at radius 3 is 2.28 bits per heavy atom. The van der Waals surface area contributed by atoms with Gasteiger partial charge < -0.3 is 9.84 Å². The first-order valence-electron chi connectivity index (χ1n) is 6.59. The Balaban J connectivity index is 2.50. The Hall–Kier alpha value is -0.670. The van der Waals surface area contributed by atoms with Gasteiger partial charge in [0.2, 0.25) is 0 Å². The highest BCUT2D eigenvalue weighted by Gasteiger charge is 2.10. The second-order valence-electron chi connectivity index (χ2n) is 4.80. The van der Waals surface area contributed by atoms with Crippen LogP contribution in [0.15, 0.2) is 24.3 Å². The molecule has 0 spiro atoms. The SMILES string of the molecule is CCC(C)SCC(O)c1ccc(OC(C)C)cc1. The minimum atomic E-state index is -0.392. The van der Waals surface area contributed by atoms with Gasteiger partial charge in [0, 0.05) is 11.0 Å². The summed E-state index contributed by atoms with van der Waals surface area (Å²) in [5.74, 6) is 1.61. The summed E-state index contributed by atoms with van der Waals surface area (Å²) in [6, 6.07) is 7.73. The van der Waals surface area contributed by atoms with Crippen LogP contribution in [0, 0.1) is 0 Å². The van der Waals surface area contributed by atoms with Gasteiger partial charge in [-0.3, -0.25) is 0 Å². The van der Waals surface area contributed by atoms with Gasteiger partial charge >= 0.3 is 0 Å². The van der Waals surface area contributed by atoms with Crippen molar-refractivity contribution in [2.45, 2.75) is 51.6 Å². The van der Waals surface area contributed by atoms with Gasteiger partial charge in [0.05, 0.1) is 12.2 Å². The molecular weight excluding hydrogens is 244 g/mol. The van der Waals surface area contributed by atoms with E-state index in [0.717, 1.165) is 23.5 Å². The average molecular weight is 268 g/mol. The fourth-order valence-electron chi connectivity index (χ4n) is 1.51. The van der Waals surface area contributed by atoms with Crippen LogP contribution in [0.25, 0.3) is 0 Å². The summed E-state index contributed by atoms with van der Waals surface area (Å²) in [4.78, 5) is 0. The Kier molecular flexibility index (Phi) is 6.58. The van der Waals surface area contributed by atoms with Gasteiger partial charge in [-0.1, -0.05) is 26.0 Å². The summed E-state index contributed by atoms with van der Waals surface area (Å²) >= 11 is 1.81. The molecule has 0 fully saturated rings. The summed E-state index contributed by atoms with van der Waals surface area (Å²) in [6.45, 7) is 8.37. The van der Waals surface area contributed by atoms with Crippen LogP contribution in [-0.4, -0.2) is 22.2 Å². The molecule has 0 heterocycles. The average Bonchev–Trinajstić information content (AvgIpc) is 2.35. The molecule has 18 heavy (non-hydrogen) atoms. The van der Waals surface area contributed by atoms with E-state index in [1.165, 1.54) is 0 Å². The minimum Gasteiger partial charge on any atom is -0.491 e. The van der Waals surface area contributed by atoms with Crippen molar-refractivity contribution >= 4 is 11.8 Å². The molecule has 102 valence electrons. The van der Waals surface area contributed by atoms with Crippen LogP contribution >= 0.6 is 11.8 Å². The van der Waals surface area contributed by atoms with Crippen LogP contribution in [0.5, 0.6) is 5.75 Å². The monoisotopic (exact) mass is 268 g/mol. The molecule has 0 radical (unpaired) electrons. The first kappa shape index (κ1) is 15.4. The van der Waals surface area contributed by atoms with E-state index in [2.05, 4.69) is 13.8 Å². The Morgan fingerprint density at radius 2 is 1.78 bits per heavy atom. The molecule has 3 heteroatoms. The normalized spacial score (nSPS) is 14.6. The van der Waals surface area contributed by atoms with E-state index in [1.807, 2.05) is 49.9 Å². The maximum Gasteiger partial charge on any atom is 0.119 e. The van der Waals surface area contributed by atoms with Crippen LogP contribution in [0.1, 0.15) is 45.8 Å². The topological polar surface area (TPSA) is 29.5 Å². The molecule has 0 aliphatic carbocycles. The standard InChI is InChI=1S/C15H24O2S/c1-5-12(4)18-10-15(16)13-6-8-14(9-7-13)17-11(2)3/h6-9,11-12,15-16H,5,10H2,1-4H3. The van der Waals surface area contributed by atoms with E-state index in [0.29, 0.717) is 5.25 Å². The van der Waals surface area contributed by atoms with Gasteiger partial charge in [-0.2, -0.15) is 11.8 Å². The number of benzene rings is 1. The summed E-state index contributed by atoms with van der Waals surface area (Å²) in [5, 5.41) is 10.7. The maximum absolute atomic E-state index is 10.1. The highest BCUT2D eigenvalue weighted by molar-refractivity contribution is 7.99. The molecule has 1 rings (SSSR count). The van der Waals surface area contributed by atoms with Gasteiger partial charge in [0.1, 0.15) is 5.75 Å². The molecule has 2 unspecified atom stereocenters. The van der Waals surface area contributed by atoms with Gasteiger partial charge in [0.15, 0.2) is 0 Å². The molecular formula is C15H24O2S. The largest absolute Gasteiger partial charge is 0.491 e. The van der Waals surface area contributed by atoms with Crippen LogP contribution < -0.4 is 4.74 Å². The molecule has 0 amide bonds. The third-order valence-corrected chi connectivity index (χ3v) is 4.16. The molecule has 1 aromatic rings. The third-order valence-electron chi connectivity index (χ3n) is 2.75. The van der Waals surface area contributed by atoms with Crippen LogP contribution in [0.2, 0.25) is 0 Å². The molecule has 0 saturated heterocycles. The van der Waals surface area contributed by atoms with Crippen LogP contribution in [0.3, 0.4) is 0 Å². The number of rotatable bonds is 7. The van der Waals surface area contributed by atoms with Crippen molar-refractivity contribution in [3.63, 3.8) is 0 Å². The van der Waals surface area contributed by atoms with Gasteiger partial charge in [-0.25, -0.2) is 0 Å². The Morgan fingerprint density at radius 1 is 1.17 bits per heavy atom. The minimum absolute atomic E-state index is 0.182. The molecule has 0 saturated carbocycles. The van der Waals surface area contributed by atoms with E-state index in [1.54, 1.807) is 0 Å². The van der Waals surface area contributed by atoms with Crippen molar-refractivity contribution in [1.82, 2.24) is 0 Å². The zero-order chi connectivity index (χ0) is 13.5. The Labute approximate surface area is 115 Å². The number of thioether (sulfide) groups is 1. The molecule has 0 aliphatic rings. The zero-order valence-electron chi connectivity index (χ0n) is 11.7. The predicted octanol–water partition coefficient (Wildman–Crippen LogP) is 4.04. The van der Waals surface area contributed by atoms with Gasteiger partial charge in [-0.05, 0) is 38.0 Å². The summed E-state index contributed by atoms with van der Waals surface area (Å²) in [5.41, 5.74) is 0.960. The lowest BCUT2D eigenvalue weighted by Gasteiger charge is -2.15. The van der Waals surface area contributed by atoms with Crippen molar-refractivity contribution in [3.05, 3.63) is 29.8 Å². The van der Waals surface area contributed by atoms with E-state index in [9.17, 15) is 5.11 Å². The molecule has 1 aromatic carbocycles. The molecule has 1 N–H and O–H groups in total. The van der Waals surface area contributed by atoms with Crippen molar-refractivity contribution in [2.24, 2.45) is 0 Å². The molecule has 0 aromatic heterocycles. The predicted molar refractivity (Wildman–Crippen MR) is 79.4 cm³/mol. The highest BCUT2D eigenvalue weighted by atomic mass is 32.2. The summed E-state index contributed by atoms with van der Waals surface area (Å²) < 4.78 is 5.58. The molecule has 2 nitrogen and oxygen atoms in total. The lowest BCUT2D eigenvalue weighted by Crippen LogP contribution is -2.07. The first-order chi connectivity index (χ1) is 8.52. The van der Waals surface area contributed by atoms with E-state index in [-0.39, 0.29) is 6.10 Å².